The zero-order chi connectivity index (χ0) is 32.8. The van der Waals surface area contributed by atoms with Crippen molar-refractivity contribution < 1.29 is 18.3 Å². The summed E-state index contributed by atoms with van der Waals surface area (Å²) in [5.41, 5.74) is -0.103. The zero-order valence-corrected chi connectivity index (χ0v) is 26.1. The number of carbonyl (C=O) groups excluding carboxylic acids is 1. The SMILES string of the molecule is Cc1ccc(-n2c(=O)c(C(=O)Nc3cc(F)c(Oc4ncnc5c4CCN(C4CN(C)C4)C5)cc3F)cn(C3CCCC3)c2=O)nc1. The third-order valence-corrected chi connectivity index (χ3v) is 9.24. The van der Waals surface area contributed by atoms with Gasteiger partial charge in [0.1, 0.15) is 17.7 Å². The number of amides is 1. The predicted molar refractivity (Wildman–Crippen MR) is 168 cm³/mol. The van der Waals surface area contributed by atoms with Gasteiger partial charge in [0.05, 0.1) is 11.4 Å². The maximum Gasteiger partial charge on any atom is 0.337 e. The Morgan fingerprint density at radius 2 is 1.81 bits per heavy atom. The van der Waals surface area contributed by atoms with E-state index >= 15 is 8.78 Å². The minimum absolute atomic E-state index is 0.0565. The standard InChI is InChI=1S/C33H34F2N8O4/c1-19-7-8-29(36-13-19)43-32(45)23(16-42(33(43)46)20-5-3-4-6-20)30(44)39-26-11-25(35)28(12-24(26)34)47-31-22-9-10-41(21-14-40(2)15-21)17-27(22)37-18-38-31/h7-8,11-13,16,18,20-21H,3-6,9-10,14-15,17H2,1-2H3,(H,39,44). The molecule has 3 aliphatic rings. The molecule has 2 fully saturated rings. The summed E-state index contributed by atoms with van der Waals surface area (Å²) in [4.78, 5) is 57.9. The number of likely N-dealkylation sites (N-methyl/N-ethyl adjacent to an activating group) is 1. The lowest BCUT2D eigenvalue weighted by Gasteiger charge is -2.45. The molecule has 4 aromatic rings. The predicted octanol–water partition coefficient (Wildman–Crippen LogP) is 3.60. The van der Waals surface area contributed by atoms with Gasteiger partial charge >= 0.3 is 5.69 Å². The van der Waals surface area contributed by atoms with Gasteiger partial charge in [0.2, 0.25) is 5.88 Å². The van der Waals surface area contributed by atoms with E-state index in [1.54, 1.807) is 6.07 Å². The van der Waals surface area contributed by atoms with Gasteiger partial charge in [0.15, 0.2) is 17.4 Å². The van der Waals surface area contributed by atoms with Gasteiger partial charge < -0.3 is 15.0 Å². The van der Waals surface area contributed by atoms with Crippen LogP contribution >= 0.6 is 0 Å². The Hall–Kier alpha value is -4.82. The number of ether oxygens (including phenoxy) is 1. The minimum Gasteiger partial charge on any atom is -0.435 e. The number of nitrogens with one attached hydrogen (secondary N) is 1. The largest absolute Gasteiger partial charge is 0.435 e. The molecule has 1 saturated heterocycles. The Kier molecular flexibility index (Phi) is 8.14. The number of rotatable bonds is 7. The molecule has 0 bridgehead atoms. The molecule has 1 aliphatic carbocycles. The molecule has 1 saturated carbocycles. The van der Waals surface area contributed by atoms with E-state index in [9.17, 15) is 14.4 Å². The highest BCUT2D eigenvalue weighted by Gasteiger charge is 2.33. The molecule has 5 heterocycles. The zero-order valence-electron chi connectivity index (χ0n) is 26.1. The fourth-order valence-electron chi connectivity index (χ4n) is 6.60. The molecule has 2 aliphatic heterocycles. The van der Waals surface area contributed by atoms with Crippen molar-refractivity contribution in [2.45, 2.75) is 57.7 Å². The van der Waals surface area contributed by atoms with E-state index in [1.165, 1.54) is 29.4 Å². The number of anilines is 1. The Labute approximate surface area is 268 Å². The van der Waals surface area contributed by atoms with Crippen molar-refractivity contribution in [3.63, 3.8) is 0 Å². The number of hydrogen-bond acceptors (Lipinski definition) is 9. The minimum atomic E-state index is -0.998. The number of fused-ring (bicyclic) bond motifs is 1. The second-order valence-corrected chi connectivity index (χ2v) is 12.5. The van der Waals surface area contributed by atoms with Crippen molar-refractivity contribution in [1.29, 1.82) is 0 Å². The van der Waals surface area contributed by atoms with Crippen LogP contribution in [-0.4, -0.2) is 72.5 Å². The lowest BCUT2D eigenvalue weighted by atomic mass is 10.0. The molecule has 1 N–H and O–H groups in total. The number of pyridine rings is 1. The van der Waals surface area contributed by atoms with Crippen LogP contribution in [0.1, 0.15) is 58.9 Å². The molecule has 0 unspecified atom stereocenters. The summed E-state index contributed by atoms with van der Waals surface area (Å²) in [5, 5.41) is 2.31. The summed E-state index contributed by atoms with van der Waals surface area (Å²) < 4.78 is 38.7. The third-order valence-electron chi connectivity index (χ3n) is 9.24. The first-order valence-corrected chi connectivity index (χ1v) is 15.7. The number of aromatic nitrogens is 5. The lowest BCUT2D eigenvalue weighted by Crippen LogP contribution is -2.58. The Morgan fingerprint density at radius 1 is 1.02 bits per heavy atom. The highest BCUT2D eigenvalue weighted by Crippen LogP contribution is 2.33. The van der Waals surface area contributed by atoms with Crippen LogP contribution in [0.5, 0.6) is 11.6 Å². The van der Waals surface area contributed by atoms with E-state index in [-0.39, 0.29) is 17.7 Å². The molecule has 0 spiro atoms. The van der Waals surface area contributed by atoms with Crippen molar-refractivity contribution in [3.8, 4) is 17.4 Å². The highest BCUT2D eigenvalue weighted by atomic mass is 19.1. The van der Waals surface area contributed by atoms with E-state index in [0.29, 0.717) is 31.8 Å². The first-order valence-electron chi connectivity index (χ1n) is 15.7. The summed E-state index contributed by atoms with van der Waals surface area (Å²) in [6, 6.07) is 5.07. The van der Waals surface area contributed by atoms with E-state index in [0.717, 1.165) is 66.0 Å². The van der Waals surface area contributed by atoms with Crippen LogP contribution < -0.4 is 21.3 Å². The van der Waals surface area contributed by atoms with Gasteiger partial charge in [0.25, 0.3) is 11.5 Å². The van der Waals surface area contributed by atoms with Crippen molar-refractivity contribution >= 4 is 11.6 Å². The molecule has 244 valence electrons. The fourth-order valence-corrected chi connectivity index (χ4v) is 6.60. The quantitative estimate of drug-likeness (QED) is 0.321. The van der Waals surface area contributed by atoms with Gasteiger partial charge in [-0.2, -0.15) is 0 Å². The van der Waals surface area contributed by atoms with E-state index < -0.39 is 45.8 Å². The second kappa shape index (κ2) is 12.4. The van der Waals surface area contributed by atoms with Gasteiger partial charge in [-0.1, -0.05) is 18.9 Å². The van der Waals surface area contributed by atoms with Crippen molar-refractivity contribution in [3.05, 3.63) is 97.8 Å². The number of benzene rings is 1. The number of hydrogen-bond donors (Lipinski definition) is 1. The Bertz CT molecular complexity index is 1970. The van der Waals surface area contributed by atoms with Crippen molar-refractivity contribution in [2.24, 2.45) is 0 Å². The Balaban J connectivity index is 1.15. The normalized spacial score (nSPS) is 17.4. The molecule has 12 nitrogen and oxygen atoms in total. The summed E-state index contributed by atoms with van der Waals surface area (Å²) in [5.74, 6) is -3.13. The number of aryl methyl sites for hydroxylation is 1. The highest BCUT2D eigenvalue weighted by molar-refractivity contribution is 6.04. The lowest BCUT2D eigenvalue weighted by molar-refractivity contribution is 0.0420. The van der Waals surface area contributed by atoms with Crippen molar-refractivity contribution in [1.82, 2.24) is 33.9 Å². The van der Waals surface area contributed by atoms with Crippen LogP contribution in [0.15, 0.2) is 52.6 Å². The summed E-state index contributed by atoms with van der Waals surface area (Å²) in [6.45, 7) is 5.18. The van der Waals surface area contributed by atoms with Crippen LogP contribution in [0.3, 0.4) is 0 Å². The van der Waals surface area contributed by atoms with E-state index in [1.807, 2.05) is 6.92 Å². The maximum atomic E-state index is 15.4. The van der Waals surface area contributed by atoms with Crippen LogP contribution in [-0.2, 0) is 13.0 Å². The molecule has 47 heavy (non-hydrogen) atoms. The monoisotopic (exact) mass is 644 g/mol. The van der Waals surface area contributed by atoms with Crippen LogP contribution in [0.25, 0.3) is 5.82 Å². The molecule has 7 rings (SSSR count). The second-order valence-electron chi connectivity index (χ2n) is 12.5. The van der Waals surface area contributed by atoms with Crippen LogP contribution in [0.4, 0.5) is 14.5 Å². The first kappa shape index (κ1) is 30.8. The number of nitrogens with zero attached hydrogens (tertiary/aromatic N) is 7. The fraction of sp³-hybridized carbons (Fsp3) is 0.394. The molecule has 0 radical (unpaired) electrons. The van der Waals surface area contributed by atoms with Gasteiger partial charge in [-0.25, -0.2) is 33.1 Å². The average molecular weight is 645 g/mol. The Morgan fingerprint density at radius 3 is 2.53 bits per heavy atom. The third kappa shape index (κ3) is 5.94. The van der Waals surface area contributed by atoms with Crippen LogP contribution in [0.2, 0.25) is 0 Å². The average Bonchev–Trinajstić information content (AvgIpc) is 3.57. The smallest absolute Gasteiger partial charge is 0.337 e. The molecule has 1 amide bonds. The summed E-state index contributed by atoms with van der Waals surface area (Å²) in [6.07, 6.45) is 7.86. The molecule has 3 aromatic heterocycles. The maximum absolute atomic E-state index is 15.4. The topological polar surface area (TPSA) is 127 Å². The number of carbonyl (C=O) groups is 1. The van der Waals surface area contributed by atoms with Gasteiger partial charge in [0, 0.05) is 68.4 Å². The number of halogens is 2. The van der Waals surface area contributed by atoms with Crippen LogP contribution in [0, 0.1) is 18.6 Å². The summed E-state index contributed by atoms with van der Waals surface area (Å²) in [7, 11) is 2.07. The van der Waals surface area contributed by atoms with Crippen molar-refractivity contribution in [2.75, 3.05) is 32.0 Å². The van der Waals surface area contributed by atoms with Gasteiger partial charge in [-0.3, -0.25) is 19.1 Å². The molecular formula is C33H34F2N8O4. The van der Waals surface area contributed by atoms with Gasteiger partial charge in [-0.05, 0) is 44.9 Å². The van der Waals surface area contributed by atoms with E-state index in [4.69, 9.17) is 4.74 Å². The molecule has 0 atom stereocenters. The molecule has 14 heteroatoms. The number of likely N-dealkylation sites (tertiary alicyclic amines) is 1. The molecular weight excluding hydrogens is 610 g/mol. The first-order chi connectivity index (χ1) is 22.7. The van der Waals surface area contributed by atoms with Gasteiger partial charge in [-0.15, -0.1) is 0 Å². The van der Waals surface area contributed by atoms with E-state index in [2.05, 4.69) is 37.1 Å². The molecule has 1 aromatic carbocycles. The summed E-state index contributed by atoms with van der Waals surface area (Å²) >= 11 is 0.